The Balaban J connectivity index is 2.99. The topological polar surface area (TPSA) is 44.1 Å². The van der Waals surface area contributed by atoms with E-state index in [-0.39, 0.29) is 11.9 Å². The fourth-order valence-corrected chi connectivity index (χ4v) is 2.10. The fourth-order valence-electron chi connectivity index (χ4n) is 2.10. The summed E-state index contributed by atoms with van der Waals surface area (Å²) in [7, 11) is 0. The zero-order chi connectivity index (χ0) is 14.5. The van der Waals surface area contributed by atoms with Crippen LogP contribution in [0.25, 0.3) is 0 Å². The molecule has 1 amide bonds. The van der Waals surface area contributed by atoms with E-state index in [0.29, 0.717) is 13.0 Å². The van der Waals surface area contributed by atoms with Crippen molar-refractivity contribution in [3.05, 3.63) is 35.9 Å². The van der Waals surface area contributed by atoms with Crippen LogP contribution in [0.3, 0.4) is 0 Å². The summed E-state index contributed by atoms with van der Waals surface area (Å²) in [4.78, 5) is 14.5. The SMILES string of the molecule is CC(C)N(CCC#N)C(=O)C(C)(C)c1ccccc1. The molecule has 0 aromatic heterocycles. The van der Waals surface area contributed by atoms with Gasteiger partial charge in [-0.25, -0.2) is 0 Å². The van der Waals surface area contributed by atoms with Gasteiger partial charge in [-0.2, -0.15) is 5.26 Å². The summed E-state index contributed by atoms with van der Waals surface area (Å²) in [5, 5.41) is 8.71. The summed E-state index contributed by atoms with van der Waals surface area (Å²) >= 11 is 0. The molecule has 0 aliphatic rings. The summed E-state index contributed by atoms with van der Waals surface area (Å²) in [6.45, 7) is 8.33. The van der Waals surface area contributed by atoms with Gasteiger partial charge in [0, 0.05) is 12.6 Å². The van der Waals surface area contributed by atoms with Crippen molar-refractivity contribution in [2.75, 3.05) is 6.54 Å². The highest BCUT2D eigenvalue weighted by Gasteiger charge is 2.34. The second-order valence-corrected chi connectivity index (χ2v) is 5.49. The van der Waals surface area contributed by atoms with Gasteiger partial charge in [-0.05, 0) is 33.3 Å². The zero-order valence-corrected chi connectivity index (χ0v) is 12.2. The quantitative estimate of drug-likeness (QED) is 0.814. The standard InChI is InChI=1S/C16H22N2O/c1-13(2)18(12-8-11-17)15(19)16(3,4)14-9-6-5-7-10-14/h5-7,9-10,13H,8,12H2,1-4H3. The molecule has 0 N–H and O–H groups in total. The van der Waals surface area contributed by atoms with Crippen LogP contribution in [0, 0.1) is 11.3 Å². The average Bonchev–Trinajstić information content (AvgIpc) is 2.39. The monoisotopic (exact) mass is 258 g/mol. The number of amides is 1. The van der Waals surface area contributed by atoms with Gasteiger partial charge in [0.15, 0.2) is 0 Å². The van der Waals surface area contributed by atoms with Crippen LogP contribution in [0.5, 0.6) is 0 Å². The van der Waals surface area contributed by atoms with Gasteiger partial charge in [0.05, 0.1) is 17.9 Å². The number of carbonyl (C=O) groups is 1. The molecule has 0 unspecified atom stereocenters. The molecule has 1 aromatic rings. The van der Waals surface area contributed by atoms with Crippen LogP contribution in [0.1, 0.15) is 39.7 Å². The second-order valence-electron chi connectivity index (χ2n) is 5.49. The number of carbonyl (C=O) groups excluding carboxylic acids is 1. The highest BCUT2D eigenvalue weighted by Crippen LogP contribution is 2.26. The van der Waals surface area contributed by atoms with Crippen molar-refractivity contribution in [2.45, 2.75) is 45.6 Å². The molecule has 0 fully saturated rings. The van der Waals surface area contributed by atoms with Crippen molar-refractivity contribution in [3.8, 4) is 6.07 Å². The van der Waals surface area contributed by atoms with E-state index >= 15 is 0 Å². The molecule has 0 radical (unpaired) electrons. The number of hydrogen-bond donors (Lipinski definition) is 0. The van der Waals surface area contributed by atoms with E-state index < -0.39 is 5.41 Å². The molecule has 102 valence electrons. The van der Waals surface area contributed by atoms with Crippen molar-refractivity contribution in [3.63, 3.8) is 0 Å². The second kappa shape index (κ2) is 6.38. The van der Waals surface area contributed by atoms with Gasteiger partial charge in [0.2, 0.25) is 5.91 Å². The van der Waals surface area contributed by atoms with Crippen LogP contribution in [0.15, 0.2) is 30.3 Å². The van der Waals surface area contributed by atoms with Crippen molar-refractivity contribution in [1.82, 2.24) is 4.90 Å². The normalized spacial score (nSPS) is 11.2. The van der Waals surface area contributed by atoms with Crippen molar-refractivity contribution < 1.29 is 4.79 Å². The Morgan fingerprint density at radius 2 is 1.89 bits per heavy atom. The summed E-state index contributed by atoms with van der Waals surface area (Å²) < 4.78 is 0. The predicted octanol–water partition coefficient (Wildman–Crippen LogP) is 3.11. The van der Waals surface area contributed by atoms with Gasteiger partial charge in [-0.3, -0.25) is 4.79 Å². The van der Waals surface area contributed by atoms with Gasteiger partial charge < -0.3 is 4.90 Å². The lowest BCUT2D eigenvalue weighted by molar-refractivity contribution is -0.138. The molecule has 0 aliphatic heterocycles. The molecule has 0 heterocycles. The lowest BCUT2D eigenvalue weighted by Gasteiger charge is -2.34. The Bertz CT molecular complexity index is 457. The number of rotatable bonds is 5. The molecule has 3 nitrogen and oxygen atoms in total. The summed E-state index contributed by atoms with van der Waals surface area (Å²) in [5.74, 6) is 0.0731. The first-order chi connectivity index (χ1) is 8.91. The summed E-state index contributed by atoms with van der Waals surface area (Å²) in [6, 6.07) is 12.0. The maximum absolute atomic E-state index is 12.7. The molecule has 3 heteroatoms. The summed E-state index contributed by atoms with van der Waals surface area (Å²) in [5.41, 5.74) is 0.434. The van der Waals surface area contributed by atoms with E-state index in [1.807, 2.05) is 58.0 Å². The van der Waals surface area contributed by atoms with E-state index in [1.54, 1.807) is 4.90 Å². The van der Waals surface area contributed by atoms with Gasteiger partial charge in [0.25, 0.3) is 0 Å². The molecule has 0 spiro atoms. The van der Waals surface area contributed by atoms with E-state index in [2.05, 4.69) is 6.07 Å². The highest BCUT2D eigenvalue weighted by molar-refractivity contribution is 5.87. The minimum atomic E-state index is -0.568. The molecule has 19 heavy (non-hydrogen) atoms. The third-order valence-corrected chi connectivity index (χ3v) is 3.38. The Morgan fingerprint density at radius 1 is 1.32 bits per heavy atom. The first-order valence-corrected chi connectivity index (χ1v) is 6.64. The summed E-state index contributed by atoms with van der Waals surface area (Å²) in [6.07, 6.45) is 0.370. The van der Waals surface area contributed by atoms with Gasteiger partial charge in [-0.1, -0.05) is 30.3 Å². The van der Waals surface area contributed by atoms with Crippen LogP contribution >= 0.6 is 0 Å². The van der Waals surface area contributed by atoms with Crippen molar-refractivity contribution >= 4 is 5.91 Å². The number of nitrogens with zero attached hydrogens (tertiary/aromatic N) is 2. The first kappa shape index (κ1) is 15.2. The zero-order valence-electron chi connectivity index (χ0n) is 12.2. The van der Waals surface area contributed by atoms with E-state index in [0.717, 1.165) is 5.56 Å². The maximum Gasteiger partial charge on any atom is 0.232 e. The van der Waals surface area contributed by atoms with Crippen LogP contribution < -0.4 is 0 Å². The molecule has 0 atom stereocenters. The fraction of sp³-hybridized carbons (Fsp3) is 0.500. The Hall–Kier alpha value is -1.82. The lowest BCUT2D eigenvalue weighted by Crippen LogP contribution is -2.47. The number of nitriles is 1. The smallest absolute Gasteiger partial charge is 0.232 e. The van der Waals surface area contributed by atoms with Crippen LogP contribution in [0.2, 0.25) is 0 Å². The maximum atomic E-state index is 12.7. The Morgan fingerprint density at radius 3 is 2.37 bits per heavy atom. The third-order valence-electron chi connectivity index (χ3n) is 3.38. The Kier molecular flexibility index (Phi) is 5.11. The van der Waals surface area contributed by atoms with Crippen LogP contribution in [-0.4, -0.2) is 23.4 Å². The largest absolute Gasteiger partial charge is 0.338 e. The predicted molar refractivity (Wildman–Crippen MR) is 76.5 cm³/mol. The minimum Gasteiger partial charge on any atom is -0.338 e. The molecule has 0 bridgehead atoms. The molecule has 1 aromatic carbocycles. The molecule has 0 aliphatic carbocycles. The van der Waals surface area contributed by atoms with Crippen LogP contribution in [0.4, 0.5) is 0 Å². The van der Waals surface area contributed by atoms with E-state index in [9.17, 15) is 4.79 Å². The van der Waals surface area contributed by atoms with Gasteiger partial charge >= 0.3 is 0 Å². The average molecular weight is 258 g/mol. The Labute approximate surface area is 115 Å². The molecular formula is C16H22N2O. The molecule has 0 saturated carbocycles. The van der Waals surface area contributed by atoms with Gasteiger partial charge in [-0.15, -0.1) is 0 Å². The van der Waals surface area contributed by atoms with Crippen LogP contribution in [-0.2, 0) is 10.2 Å². The highest BCUT2D eigenvalue weighted by atomic mass is 16.2. The number of benzene rings is 1. The number of hydrogen-bond acceptors (Lipinski definition) is 2. The van der Waals surface area contributed by atoms with Gasteiger partial charge in [0.1, 0.15) is 0 Å². The van der Waals surface area contributed by atoms with E-state index in [1.165, 1.54) is 0 Å². The molecule has 0 saturated heterocycles. The van der Waals surface area contributed by atoms with E-state index in [4.69, 9.17) is 5.26 Å². The first-order valence-electron chi connectivity index (χ1n) is 6.64. The molecular weight excluding hydrogens is 236 g/mol. The minimum absolute atomic E-state index is 0.0731. The van der Waals surface area contributed by atoms with Crippen molar-refractivity contribution in [1.29, 1.82) is 5.26 Å². The molecule has 1 rings (SSSR count). The third kappa shape index (κ3) is 3.57. The lowest BCUT2D eigenvalue weighted by atomic mass is 9.83. The van der Waals surface area contributed by atoms with Crippen molar-refractivity contribution in [2.24, 2.45) is 0 Å².